The van der Waals surface area contributed by atoms with Gasteiger partial charge in [0.25, 0.3) is 5.91 Å². The third-order valence-corrected chi connectivity index (χ3v) is 4.29. The molecule has 0 spiro atoms. The predicted octanol–water partition coefficient (Wildman–Crippen LogP) is 2.17. The molecule has 94 valence electrons. The van der Waals surface area contributed by atoms with Crippen molar-refractivity contribution in [3.8, 4) is 0 Å². The van der Waals surface area contributed by atoms with Crippen molar-refractivity contribution in [2.45, 2.75) is 18.8 Å². The summed E-state index contributed by atoms with van der Waals surface area (Å²) in [7, 11) is 1.74. The van der Waals surface area contributed by atoms with Crippen LogP contribution in [0.2, 0.25) is 0 Å². The maximum Gasteiger partial charge on any atom is 0.288 e. The summed E-state index contributed by atoms with van der Waals surface area (Å²) in [4.78, 5) is 16.3. The highest BCUT2D eigenvalue weighted by molar-refractivity contribution is 7.17. The van der Waals surface area contributed by atoms with Crippen LogP contribution in [0.25, 0.3) is 0 Å². The average molecular weight is 281 g/mol. The molecule has 2 aromatic rings. The molecule has 3 rings (SSSR count). The molecule has 2 aromatic heterocycles. The van der Waals surface area contributed by atoms with Gasteiger partial charge in [0, 0.05) is 18.3 Å². The van der Waals surface area contributed by atoms with Gasteiger partial charge in [0.2, 0.25) is 10.1 Å². The van der Waals surface area contributed by atoms with Crippen molar-refractivity contribution in [2.75, 3.05) is 17.7 Å². The molecule has 1 amide bonds. The third-order valence-electron chi connectivity index (χ3n) is 2.57. The predicted molar refractivity (Wildman–Crippen MR) is 71.5 cm³/mol. The number of amides is 1. The number of anilines is 2. The lowest BCUT2D eigenvalue weighted by Gasteiger charge is -1.96. The second-order valence-electron chi connectivity index (χ2n) is 3.97. The molecule has 0 saturated heterocycles. The summed E-state index contributed by atoms with van der Waals surface area (Å²) in [5.74, 6) is 0.343. The SMILES string of the molecule is CNc1nnc(C(=O)Nc2nc(C3CC3)cs2)s1. The van der Waals surface area contributed by atoms with Gasteiger partial charge in [-0.1, -0.05) is 11.3 Å². The standard InChI is InChI=1S/C10H11N5OS2/c1-11-9-15-14-8(18-9)7(16)13-10-12-6(4-17-10)5-2-3-5/h4-5H,2-3H2,1H3,(H,11,15)(H,12,13,16). The van der Waals surface area contributed by atoms with Crippen LogP contribution in [-0.2, 0) is 0 Å². The number of rotatable bonds is 4. The minimum atomic E-state index is -0.259. The van der Waals surface area contributed by atoms with Crippen LogP contribution in [0.15, 0.2) is 5.38 Å². The first-order chi connectivity index (χ1) is 8.76. The van der Waals surface area contributed by atoms with E-state index in [0.717, 1.165) is 5.69 Å². The molecule has 18 heavy (non-hydrogen) atoms. The first-order valence-electron chi connectivity index (χ1n) is 5.54. The molecular weight excluding hydrogens is 270 g/mol. The van der Waals surface area contributed by atoms with Gasteiger partial charge in [-0.15, -0.1) is 21.5 Å². The highest BCUT2D eigenvalue weighted by Crippen LogP contribution is 2.40. The largest absolute Gasteiger partial charge is 0.363 e. The highest BCUT2D eigenvalue weighted by Gasteiger charge is 2.26. The van der Waals surface area contributed by atoms with Gasteiger partial charge in [0.1, 0.15) is 0 Å². The number of carbonyl (C=O) groups excluding carboxylic acids is 1. The van der Waals surface area contributed by atoms with Gasteiger partial charge < -0.3 is 5.32 Å². The van der Waals surface area contributed by atoms with Gasteiger partial charge >= 0.3 is 0 Å². The Labute approximate surface area is 111 Å². The monoisotopic (exact) mass is 281 g/mol. The molecule has 2 heterocycles. The number of carbonyl (C=O) groups is 1. The molecule has 8 heteroatoms. The van der Waals surface area contributed by atoms with Crippen molar-refractivity contribution in [2.24, 2.45) is 0 Å². The van der Waals surface area contributed by atoms with Crippen molar-refractivity contribution < 1.29 is 4.79 Å². The fourth-order valence-electron chi connectivity index (χ4n) is 1.48. The second kappa shape index (κ2) is 4.62. The molecule has 2 N–H and O–H groups in total. The lowest BCUT2D eigenvalue weighted by molar-refractivity contribution is 0.102. The van der Waals surface area contributed by atoms with Crippen LogP contribution in [0.1, 0.15) is 34.3 Å². The van der Waals surface area contributed by atoms with Gasteiger partial charge in [-0.25, -0.2) is 4.98 Å². The van der Waals surface area contributed by atoms with Crippen LogP contribution in [0.4, 0.5) is 10.3 Å². The van der Waals surface area contributed by atoms with E-state index in [1.807, 2.05) is 5.38 Å². The Balaban J connectivity index is 1.68. The molecule has 1 fully saturated rings. The van der Waals surface area contributed by atoms with E-state index in [1.54, 1.807) is 7.05 Å². The summed E-state index contributed by atoms with van der Waals surface area (Å²) in [5.41, 5.74) is 1.09. The maximum atomic E-state index is 11.9. The Morgan fingerprint density at radius 1 is 1.39 bits per heavy atom. The van der Waals surface area contributed by atoms with Crippen molar-refractivity contribution in [1.82, 2.24) is 15.2 Å². The minimum absolute atomic E-state index is 0.259. The van der Waals surface area contributed by atoms with Crippen LogP contribution in [-0.4, -0.2) is 28.1 Å². The summed E-state index contributed by atoms with van der Waals surface area (Å²) < 4.78 is 0. The summed E-state index contributed by atoms with van der Waals surface area (Å²) in [6.07, 6.45) is 2.41. The Bertz CT molecular complexity index is 574. The molecule has 0 aliphatic heterocycles. The Hall–Kier alpha value is -1.54. The van der Waals surface area contributed by atoms with Crippen molar-refractivity contribution >= 4 is 38.8 Å². The van der Waals surface area contributed by atoms with E-state index in [2.05, 4.69) is 25.8 Å². The fourth-order valence-corrected chi connectivity index (χ4v) is 2.86. The van der Waals surface area contributed by atoms with Crippen molar-refractivity contribution in [1.29, 1.82) is 0 Å². The van der Waals surface area contributed by atoms with Crippen molar-refractivity contribution in [3.63, 3.8) is 0 Å². The van der Waals surface area contributed by atoms with Crippen LogP contribution in [0, 0.1) is 0 Å². The van der Waals surface area contributed by atoms with Gasteiger partial charge in [0.15, 0.2) is 5.13 Å². The van der Waals surface area contributed by atoms with E-state index in [4.69, 9.17) is 0 Å². The van der Waals surface area contributed by atoms with Crippen LogP contribution >= 0.6 is 22.7 Å². The van der Waals surface area contributed by atoms with E-state index < -0.39 is 0 Å². The lowest BCUT2D eigenvalue weighted by atomic mass is 10.3. The zero-order chi connectivity index (χ0) is 12.5. The number of nitrogens with one attached hydrogen (secondary N) is 2. The summed E-state index contributed by atoms with van der Waals surface area (Å²) in [6.45, 7) is 0. The third kappa shape index (κ3) is 2.34. The molecule has 1 aliphatic rings. The van der Waals surface area contributed by atoms with Gasteiger partial charge in [0.05, 0.1) is 5.69 Å². The van der Waals surface area contributed by atoms with E-state index in [1.165, 1.54) is 35.5 Å². The molecule has 0 radical (unpaired) electrons. The average Bonchev–Trinajstić information content (AvgIpc) is 2.93. The van der Waals surface area contributed by atoms with Crippen molar-refractivity contribution in [3.05, 3.63) is 16.1 Å². The first kappa shape index (κ1) is 11.5. The van der Waals surface area contributed by atoms with E-state index in [9.17, 15) is 4.79 Å². The van der Waals surface area contributed by atoms with Crippen LogP contribution < -0.4 is 10.6 Å². The number of hydrogen-bond acceptors (Lipinski definition) is 7. The van der Waals surface area contributed by atoms with Crippen LogP contribution in [0.5, 0.6) is 0 Å². The highest BCUT2D eigenvalue weighted by atomic mass is 32.1. The quantitative estimate of drug-likeness (QED) is 0.897. The zero-order valence-electron chi connectivity index (χ0n) is 9.64. The Morgan fingerprint density at radius 2 is 2.22 bits per heavy atom. The number of thiazole rings is 1. The van der Waals surface area contributed by atoms with E-state index in [0.29, 0.717) is 21.2 Å². The first-order valence-corrected chi connectivity index (χ1v) is 7.24. The van der Waals surface area contributed by atoms with E-state index in [-0.39, 0.29) is 5.91 Å². The van der Waals surface area contributed by atoms with Gasteiger partial charge in [-0.3, -0.25) is 10.1 Å². The molecule has 0 atom stereocenters. The summed E-state index contributed by atoms with van der Waals surface area (Å²) in [5, 5.41) is 16.8. The molecule has 1 aliphatic carbocycles. The van der Waals surface area contributed by atoms with Crippen LogP contribution in [0.3, 0.4) is 0 Å². The zero-order valence-corrected chi connectivity index (χ0v) is 11.3. The number of aromatic nitrogens is 3. The molecule has 0 bridgehead atoms. The molecule has 1 saturated carbocycles. The maximum absolute atomic E-state index is 11.9. The number of hydrogen-bond donors (Lipinski definition) is 2. The molecular formula is C10H11N5OS2. The molecule has 0 aromatic carbocycles. The van der Waals surface area contributed by atoms with E-state index >= 15 is 0 Å². The lowest BCUT2D eigenvalue weighted by Crippen LogP contribution is -2.11. The second-order valence-corrected chi connectivity index (χ2v) is 5.80. The molecule has 0 unspecified atom stereocenters. The summed E-state index contributed by atoms with van der Waals surface area (Å²) in [6, 6.07) is 0. The topological polar surface area (TPSA) is 79.8 Å². The summed E-state index contributed by atoms with van der Waals surface area (Å²) >= 11 is 2.67. The number of nitrogens with zero attached hydrogens (tertiary/aromatic N) is 3. The van der Waals surface area contributed by atoms with Gasteiger partial charge in [-0.2, -0.15) is 0 Å². The fraction of sp³-hybridized carbons (Fsp3) is 0.400. The van der Waals surface area contributed by atoms with Gasteiger partial charge in [-0.05, 0) is 12.8 Å². The Morgan fingerprint density at radius 3 is 2.89 bits per heavy atom. The Kier molecular flexibility index (Phi) is 2.96. The normalized spacial score (nSPS) is 14.5. The minimum Gasteiger partial charge on any atom is -0.363 e. The molecule has 6 nitrogen and oxygen atoms in total. The smallest absolute Gasteiger partial charge is 0.288 e.